The maximum absolute atomic E-state index is 12.7. The number of fused-ring (bicyclic) bond motifs is 4. The van der Waals surface area contributed by atoms with Gasteiger partial charge in [0.15, 0.2) is 8.32 Å². The first-order valence-electron chi connectivity index (χ1n) is 9.18. The molecule has 1 saturated carbocycles. The fourth-order valence-corrected chi connectivity index (χ4v) is 5.75. The minimum absolute atomic E-state index is 0.00555. The lowest BCUT2D eigenvalue weighted by Gasteiger charge is -2.40. The second-order valence-electron chi connectivity index (χ2n) is 8.67. The Bertz CT molecular complexity index is 632. The Morgan fingerprint density at radius 2 is 2.04 bits per heavy atom. The van der Waals surface area contributed by atoms with E-state index in [0.717, 1.165) is 22.9 Å². The van der Waals surface area contributed by atoms with Crippen molar-refractivity contribution in [3.8, 4) is 0 Å². The third-order valence-electron chi connectivity index (χ3n) is 6.06. The summed E-state index contributed by atoms with van der Waals surface area (Å²) in [6.07, 6.45) is 3.65. The number of hydrogen-bond acceptors (Lipinski definition) is 4. The normalized spacial score (nSPS) is 31.9. The van der Waals surface area contributed by atoms with E-state index in [4.69, 9.17) is 13.9 Å². The Morgan fingerprint density at radius 3 is 2.64 bits per heavy atom. The molecule has 2 bridgehead atoms. The van der Waals surface area contributed by atoms with Crippen molar-refractivity contribution in [3.05, 3.63) is 21.7 Å². The Kier molecular flexibility index (Phi) is 5.12. The predicted molar refractivity (Wildman–Crippen MR) is 104 cm³/mol. The van der Waals surface area contributed by atoms with Gasteiger partial charge in [0, 0.05) is 10.4 Å². The average molecular weight is 429 g/mol. The number of carbonyl (C=O) groups is 1. The summed E-state index contributed by atoms with van der Waals surface area (Å²) < 4.78 is 19.2. The molecule has 0 aromatic heterocycles. The summed E-state index contributed by atoms with van der Waals surface area (Å²) in [4.78, 5) is 12.7. The first-order valence-corrected chi connectivity index (χ1v) is 12.9. The molecule has 4 atom stereocenters. The molecule has 0 unspecified atom stereocenters. The van der Waals surface area contributed by atoms with Crippen LogP contribution in [0.3, 0.4) is 0 Å². The van der Waals surface area contributed by atoms with Gasteiger partial charge in [-0.25, -0.2) is 4.79 Å². The first-order chi connectivity index (χ1) is 11.6. The minimum atomic E-state index is -1.93. The van der Waals surface area contributed by atoms with Crippen molar-refractivity contribution < 1.29 is 18.7 Å². The van der Waals surface area contributed by atoms with Gasteiger partial charge in [-0.3, -0.25) is 0 Å². The minimum Gasteiger partial charge on any atom is -0.463 e. The van der Waals surface area contributed by atoms with Crippen molar-refractivity contribution in [1.29, 1.82) is 0 Å². The molecular weight excluding hydrogens is 400 g/mol. The summed E-state index contributed by atoms with van der Waals surface area (Å²) in [6, 6.07) is 0. The van der Waals surface area contributed by atoms with Crippen LogP contribution in [0.15, 0.2) is 21.7 Å². The second kappa shape index (κ2) is 6.62. The quantitative estimate of drug-likeness (QED) is 0.480. The molecule has 0 aromatic rings. The zero-order valence-electron chi connectivity index (χ0n) is 16.0. The summed E-state index contributed by atoms with van der Waals surface area (Å²) >= 11 is 3.64. The van der Waals surface area contributed by atoms with Gasteiger partial charge >= 0.3 is 5.97 Å². The summed E-state index contributed by atoms with van der Waals surface area (Å²) in [5.41, 5.74) is 1.81. The topological polar surface area (TPSA) is 44.8 Å². The molecule has 0 amide bonds. The molecule has 140 valence electrons. The van der Waals surface area contributed by atoms with Crippen molar-refractivity contribution in [1.82, 2.24) is 0 Å². The molecule has 2 heterocycles. The van der Waals surface area contributed by atoms with E-state index in [9.17, 15) is 4.79 Å². The zero-order chi connectivity index (χ0) is 18.6. The van der Waals surface area contributed by atoms with Gasteiger partial charge in [0.2, 0.25) is 0 Å². The molecule has 0 spiro atoms. The van der Waals surface area contributed by atoms with Crippen LogP contribution in [0.1, 0.15) is 40.5 Å². The van der Waals surface area contributed by atoms with Gasteiger partial charge in [-0.2, -0.15) is 0 Å². The van der Waals surface area contributed by atoms with Gasteiger partial charge in [-0.15, -0.1) is 0 Å². The Hall–Kier alpha value is -0.433. The van der Waals surface area contributed by atoms with Crippen LogP contribution < -0.4 is 0 Å². The molecule has 3 aliphatic rings. The highest BCUT2D eigenvalue weighted by Gasteiger charge is 2.52. The van der Waals surface area contributed by atoms with Crippen LogP contribution in [0.5, 0.6) is 0 Å². The molecule has 1 fully saturated rings. The van der Waals surface area contributed by atoms with Crippen molar-refractivity contribution in [2.45, 2.75) is 77.0 Å². The first kappa shape index (κ1) is 19.3. The summed E-state index contributed by atoms with van der Waals surface area (Å²) in [5, 5.41) is 0.138. The molecule has 25 heavy (non-hydrogen) atoms. The maximum atomic E-state index is 12.7. The van der Waals surface area contributed by atoms with Crippen LogP contribution in [0, 0.1) is 5.92 Å². The van der Waals surface area contributed by atoms with Crippen molar-refractivity contribution in [2.75, 3.05) is 6.61 Å². The number of ether oxygens (including phenoxy) is 2. The van der Waals surface area contributed by atoms with Gasteiger partial charge in [-0.1, -0.05) is 36.7 Å². The van der Waals surface area contributed by atoms with Gasteiger partial charge in [-0.05, 0) is 49.5 Å². The van der Waals surface area contributed by atoms with E-state index in [2.05, 4.69) is 49.8 Å². The lowest BCUT2D eigenvalue weighted by Crippen LogP contribution is -2.45. The van der Waals surface area contributed by atoms with Crippen LogP contribution in [-0.4, -0.2) is 39.2 Å². The average Bonchev–Trinajstić information content (AvgIpc) is 3.02. The van der Waals surface area contributed by atoms with E-state index in [1.807, 2.05) is 13.0 Å². The van der Waals surface area contributed by atoms with E-state index < -0.39 is 8.32 Å². The number of hydrogen-bond donors (Lipinski definition) is 0. The molecule has 3 rings (SSSR count). The SMILES string of the molecule is CCOC(=O)C1=C2[C@H](O[Si](C)(C)C(C)(C)C)CC[C@@H]2[C@H]2O[C@@H]1C=C2Br. The number of rotatable bonds is 4. The monoisotopic (exact) mass is 428 g/mol. The predicted octanol–water partition coefficient (Wildman–Crippen LogP) is 4.71. The van der Waals surface area contributed by atoms with Crippen molar-refractivity contribution in [2.24, 2.45) is 5.92 Å². The van der Waals surface area contributed by atoms with E-state index in [1.165, 1.54) is 0 Å². The molecule has 6 heteroatoms. The van der Waals surface area contributed by atoms with Crippen molar-refractivity contribution in [3.63, 3.8) is 0 Å². The fourth-order valence-electron chi connectivity index (χ4n) is 3.77. The van der Waals surface area contributed by atoms with Crippen molar-refractivity contribution >= 4 is 30.2 Å². The van der Waals surface area contributed by atoms with E-state index in [1.54, 1.807) is 0 Å². The van der Waals surface area contributed by atoms with Crippen LogP contribution in [0.4, 0.5) is 0 Å². The molecule has 1 aliphatic carbocycles. The smallest absolute Gasteiger partial charge is 0.337 e. The molecule has 0 saturated heterocycles. The lowest BCUT2D eigenvalue weighted by molar-refractivity contribution is -0.140. The highest BCUT2D eigenvalue weighted by atomic mass is 79.9. The third kappa shape index (κ3) is 3.31. The Labute approximate surface area is 160 Å². The van der Waals surface area contributed by atoms with Crippen LogP contribution in [0.25, 0.3) is 0 Å². The Morgan fingerprint density at radius 1 is 1.36 bits per heavy atom. The number of carbonyl (C=O) groups excluding carboxylic acids is 1. The molecule has 0 radical (unpaired) electrons. The maximum Gasteiger partial charge on any atom is 0.337 e. The van der Waals surface area contributed by atoms with Gasteiger partial charge in [0.1, 0.15) is 6.10 Å². The molecule has 0 N–H and O–H groups in total. The number of esters is 1. The summed E-state index contributed by atoms with van der Waals surface area (Å²) in [5.74, 6) is -0.0475. The van der Waals surface area contributed by atoms with Crippen LogP contribution >= 0.6 is 15.9 Å². The highest BCUT2D eigenvalue weighted by molar-refractivity contribution is 9.11. The highest BCUT2D eigenvalue weighted by Crippen LogP contribution is 2.51. The molecule has 0 aromatic carbocycles. The van der Waals surface area contributed by atoms with Gasteiger partial charge < -0.3 is 13.9 Å². The molecule has 2 aliphatic heterocycles. The summed E-state index contributed by atoms with van der Waals surface area (Å²) in [7, 11) is -1.93. The standard InChI is InChI=1S/C19H29BrO4Si/c1-7-22-18(21)16-14-10-12(20)17(23-14)11-8-9-13(15(11)16)24-25(5,6)19(2,3)4/h10-11,13-14,17H,7-9H2,1-6H3/t11-,13+,14+,17+/m0/s1. The van der Waals surface area contributed by atoms with E-state index in [-0.39, 0.29) is 35.2 Å². The van der Waals surface area contributed by atoms with Gasteiger partial charge in [0.25, 0.3) is 0 Å². The zero-order valence-corrected chi connectivity index (χ0v) is 18.6. The van der Waals surface area contributed by atoms with Gasteiger partial charge in [0.05, 0.1) is 24.4 Å². The molecular formula is C19H29BrO4Si. The van der Waals surface area contributed by atoms with Crippen LogP contribution in [-0.2, 0) is 18.7 Å². The fraction of sp³-hybridized carbons (Fsp3) is 0.737. The third-order valence-corrected chi connectivity index (χ3v) is 11.3. The van der Waals surface area contributed by atoms with E-state index in [0.29, 0.717) is 12.2 Å². The van der Waals surface area contributed by atoms with Crippen LogP contribution in [0.2, 0.25) is 18.1 Å². The largest absolute Gasteiger partial charge is 0.463 e. The second-order valence-corrected chi connectivity index (χ2v) is 14.3. The van der Waals surface area contributed by atoms with E-state index >= 15 is 0 Å². The molecule has 4 nitrogen and oxygen atoms in total. The Balaban J connectivity index is 1.98. The lowest BCUT2D eigenvalue weighted by atomic mass is 9.89. The number of halogens is 1. The summed E-state index contributed by atoms with van der Waals surface area (Å²) in [6.45, 7) is 13.5.